The monoisotopic (exact) mass is 1490 g/mol. The number of hydrogen-bond donors (Lipinski definition) is 9. The maximum Gasteiger partial charge on any atom is 0.417 e. The van der Waals surface area contributed by atoms with Crippen molar-refractivity contribution in [2.75, 3.05) is 75.7 Å². The van der Waals surface area contributed by atoms with Crippen LogP contribution in [0.3, 0.4) is 0 Å². The second kappa shape index (κ2) is 30.5. The van der Waals surface area contributed by atoms with Gasteiger partial charge < -0.3 is 41.5 Å². The third-order valence-corrected chi connectivity index (χ3v) is 19.2. The minimum atomic E-state index is -4.62. The van der Waals surface area contributed by atoms with Crippen molar-refractivity contribution >= 4 is 116 Å². The zero-order valence-electron chi connectivity index (χ0n) is 55.7. The van der Waals surface area contributed by atoms with E-state index in [-0.39, 0.29) is 19.4 Å². The summed E-state index contributed by atoms with van der Waals surface area (Å²) in [4.78, 5) is 60.0. The van der Waals surface area contributed by atoms with E-state index in [2.05, 4.69) is 112 Å². The number of carbonyl (C=O) groups excluding carboxylic acids is 2. The largest absolute Gasteiger partial charge is 0.417 e. The summed E-state index contributed by atoms with van der Waals surface area (Å²) >= 11 is 4.01. The number of benzene rings is 5. The molecule has 3 saturated heterocycles. The first-order valence-electron chi connectivity index (χ1n) is 32.6. The van der Waals surface area contributed by atoms with Crippen LogP contribution < -0.4 is 36.4 Å². The second-order valence-corrected chi connectivity index (χ2v) is 28.4. The third kappa shape index (κ3) is 19.2. The molecule has 0 atom stereocenters. The Labute approximate surface area is 611 Å². The maximum absolute atomic E-state index is 13.4. The molecule has 23 nitrogen and oxygen atoms in total. The summed E-state index contributed by atoms with van der Waals surface area (Å²) in [5, 5.41) is 50.0. The Morgan fingerprint density at radius 2 is 1.02 bits per heavy atom. The summed E-state index contributed by atoms with van der Waals surface area (Å²) in [5.74, 6) is 0.321. The average Bonchev–Trinajstić information content (AvgIpc) is 1.55. The first kappa shape index (κ1) is 72.0. The van der Waals surface area contributed by atoms with Crippen molar-refractivity contribution in [2.24, 2.45) is 5.92 Å². The Morgan fingerprint density at radius 3 is 1.50 bits per heavy atom. The number of aliphatic hydroxyl groups is 1. The number of rotatable bonds is 21. The molecule has 4 fully saturated rings. The van der Waals surface area contributed by atoms with E-state index >= 15 is 0 Å². The topological polar surface area (TPSA) is 288 Å². The molecule has 34 heteroatoms. The summed E-state index contributed by atoms with van der Waals surface area (Å²) in [6.45, 7) is 8.81. The van der Waals surface area contributed by atoms with E-state index < -0.39 is 66.3 Å². The molecule has 4 aliphatic rings. The predicted octanol–water partition coefficient (Wildman–Crippen LogP) is 16.6. The van der Waals surface area contributed by atoms with Gasteiger partial charge in [-0.15, -0.1) is 0 Å². The fourth-order valence-electron chi connectivity index (χ4n) is 11.2. The molecule has 6 aromatic heterocycles. The van der Waals surface area contributed by atoms with E-state index in [4.69, 9.17) is 15.0 Å². The van der Waals surface area contributed by atoms with Crippen LogP contribution in [0.15, 0.2) is 182 Å². The second-order valence-electron chi connectivity index (χ2n) is 25.3. The third-order valence-electron chi connectivity index (χ3n) is 16.6. The number of nitrogens with zero attached hydrogens (tertiary/aromatic N) is 12. The first-order valence-corrected chi connectivity index (χ1v) is 35.1. The number of carbonyl (C=O) groups is 2. The van der Waals surface area contributed by atoms with Crippen LogP contribution in [0.5, 0.6) is 0 Å². The van der Waals surface area contributed by atoms with Crippen LogP contribution >= 0.6 is 35.3 Å². The average molecular weight is 1500 g/mol. The number of aromatic nitrogens is 12. The van der Waals surface area contributed by atoms with E-state index in [1.807, 2.05) is 57.2 Å². The fourth-order valence-corrected chi connectivity index (χ4v) is 13.6. The molecule has 15 rings (SSSR count). The number of likely N-dealkylation sites (tertiary alicyclic amines) is 1. The van der Waals surface area contributed by atoms with Crippen molar-refractivity contribution in [2.45, 2.75) is 107 Å². The van der Waals surface area contributed by atoms with Crippen LogP contribution in [-0.4, -0.2) is 139 Å². The lowest BCUT2D eigenvalue weighted by Crippen LogP contribution is -2.63. The molecule has 9 N–H and O–H groups in total. The number of H-pyrrole nitrogens is 3. The van der Waals surface area contributed by atoms with E-state index in [1.54, 1.807) is 48.5 Å². The van der Waals surface area contributed by atoms with Crippen molar-refractivity contribution in [3.63, 3.8) is 0 Å². The molecule has 1 saturated carbocycles. The van der Waals surface area contributed by atoms with Gasteiger partial charge in [0.25, 0.3) is 11.8 Å². The highest BCUT2D eigenvalue weighted by molar-refractivity contribution is 7.99. The van der Waals surface area contributed by atoms with Gasteiger partial charge in [-0.3, -0.25) is 29.8 Å². The Kier molecular flexibility index (Phi) is 21.1. The molecule has 11 aromatic rings. The van der Waals surface area contributed by atoms with Crippen molar-refractivity contribution in [3.8, 4) is 0 Å². The molecule has 9 heterocycles. The zero-order valence-corrected chi connectivity index (χ0v) is 58.1. The van der Waals surface area contributed by atoms with Gasteiger partial charge in [-0.25, -0.2) is 38.7 Å². The Bertz CT molecular complexity index is 4900. The van der Waals surface area contributed by atoms with Gasteiger partial charge in [-0.1, -0.05) is 42.5 Å². The lowest BCUT2D eigenvalue weighted by atomic mass is 9.89. The first-order chi connectivity index (χ1) is 49.7. The summed E-state index contributed by atoms with van der Waals surface area (Å²) in [5.41, 5.74) is 2.19. The molecule has 3 aliphatic heterocycles. The van der Waals surface area contributed by atoms with Gasteiger partial charge >= 0.3 is 12.4 Å². The number of amides is 2. The molecule has 0 unspecified atom stereocenters. The Balaban J connectivity index is 0.000000224. The fraction of sp³-hybridized carbons (Fsp3) is 0.271. The number of nitrogens with one attached hydrogen (secondary N) is 8. The minimum absolute atomic E-state index is 0. The van der Waals surface area contributed by atoms with Gasteiger partial charge in [0.15, 0.2) is 32.9 Å². The molecule has 5 aromatic carbocycles. The SMILES string of the molecule is Cc1cc(Nc2cc(CN3CCC3)nc(Sc3ccc(NC(=O)c4ccccc4C(F)(F)F)cc3)n2)n[nH]1.Cc1cc(Nc2cc(N3CC(F)(F)C3)nc(Sc3ccc(NC(=O)CC(F)(F)F)cc3)n2)n[nH]1.Cc1cc(Nc2cc(N3CC(O)(C4CC4)C3)nc(Sc3ccc4ccccc4c3)n2)n[nH]1.[HH].[HH].[HH].[HH].[HH].[HH]. The number of aryl methyl sites for hydroxylation is 3. The highest BCUT2D eigenvalue weighted by Crippen LogP contribution is 2.46. The van der Waals surface area contributed by atoms with Gasteiger partial charge in [-0.2, -0.15) is 41.6 Å². The number of β-amino-alcohol motifs (C(OH)–C–C–N with tert-alkyl or cyclic N) is 1. The van der Waals surface area contributed by atoms with Crippen LogP contribution in [0, 0.1) is 26.7 Å². The van der Waals surface area contributed by atoms with Gasteiger partial charge in [-0.05, 0) is 178 Å². The van der Waals surface area contributed by atoms with E-state index in [0.29, 0.717) is 87.2 Å². The van der Waals surface area contributed by atoms with Crippen molar-refractivity contribution in [3.05, 3.63) is 186 Å². The van der Waals surface area contributed by atoms with E-state index in [9.17, 15) is 49.8 Å². The summed E-state index contributed by atoms with van der Waals surface area (Å²) in [6.07, 6.45) is -7.36. The van der Waals surface area contributed by atoms with Gasteiger partial charge in [0.1, 0.15) is 41.1 Å². The number of fused-ring (bicyclic) bond motifs is 1. The number of anilines is 10. The van der Waals surface area contributed by atoms with Crippen molar-refractivity contribution < 1.29 is 58.4 Å². The summed E-state index contributed by atoms with van der Waals surface area (Å²) in [6, 6.07) is 43.2. The van der Waals surface area contributed by atoms with E-state index in [1.165, 1.54) is 69.9 Å². The van der Waals surface area contributed by atoms with Gasteiger partial charge in [0.2, 0.25) is 5.91 Å². The molecule has 1 aliphatic carbocycles. The van der Waals surface area contributed by atoms with Gasteiger partial charge in [0, 0.05) is 94.6 Å². The molecular formula is C70H78F8N20O3S3. The molecule has 0 radical (unpaired) electrons. The summed E-state index contributed by atoms with van der Waals surface area (Å²) < 4.78 is 104. The van der Waals surface area contributed by atoms with Crippen LogP contribution in [0.4, 0.5) is 93.0 Å². The quantitative estimate of drug-likeness (QED) is 0.0239. The molecule has 2 amide bonds. The summed E-state index contributed by atoms with van der Waals surface area (Å²) in [7, 11) is 0. The Hall–Kier alpha value is -10.4. The molecule has 104 heavy (non-hydrogen) atoms. The van der Waals surface area contributed by atoms with Crippen molar-refractivity contribution in [1.29, 1.82) is 0 Å². The van der Waals surface area contributed by atoms with Gasteiger partial charge in [0.05, 0.1) is 43.0 Å². The minimum Gasteiger partial charge on any atom is -0.386 e. The molecule has 550 valence electrons. The standard InChI is InChI=1S/C26H24F3N7OS.C24H24N6OS.C20H18F5N7OS.6H2/c1-16-13-23(35-34-16)32-22-14-18(15-36-11-4-12-36)31-25(33-22)38-19-9-7-17(8-10-19)30-24(37)20-5-2-3-6-21(20)26(27,28)29;1-15-10-21(29-28-15)25-20-12-22(30-13-24(31,14-30)18-7-8-18)27-23(26-20)32-19-9-6-16-4-2-3-5-17(16)11-19;1-11-6-15(31-30-11)27-14-7-16(32-9-19(21,22)10-32)29-18(28-14)34-13-4-2-12(3-5-13)26-17(33)8-20(23,24)25;;;;;;/h2-3,5-10,13-14H,4,11-12,15H2,1H3,(H,30,37)(H2,31,32,33,34,35);2-6,9-12,18,31H,7-8,13-14H2,1H3,(H2,25,26,27,28,29);2-7H,8-10H2,1H3,(H,26,33)(H2,27,28,29,30,31);6*1H. The predicted molar refractivity (Wildman–Crippen MR) is 393 cm³/mol. The lowest BCUT2D eigenvalue weighted by molar-refractivity contribution is -0.150. The molecular weight excluding hydrogens is 1420 g/mol. The normalized spacial score (nSPS) is 15.3. The number of aromatic amines is 3. The van der Waals surface area contributed by atoms with Crippen LogP contribution in [-0.2, 0) is 17.5 Å². The van der Waals surface area contributed by atoms with Crippen LogP contribution in [0.1, 0.15) is 72.9 Å². The number of halogens is 8. The highest BCUT2D eigenvalue weighted by atomic mass is 32.2. The van der Waals surface area contributed by atoms with Crippen LogP contribution in [0.2, 0.25) is 0 Å². The van der Waals surface area contributed by atoms with Crippen molar-refractivity contribution in [1.82, 2.24) is 65.4 Å². The molecule has 0 spiro atoms. The highest BCUT2D eigenvalue weighted by Gasteiger charge is 2.52. The Morgan fingerprint density at radius 1 is 0.548 bits per heavy atom. The smallest absolute Gasteiger partial charge is 0.386 e. The number of hydrogen-bond acceptors (Lipinski definition) is 21. The number of alkyl halides is 8. The lowest BCUT2D eigenvalue weighted by Gasteiger charge is -2.47. The maximum atomic E-state index is 13.4. The van der Waals surface area contributed by atoms with Crippen LogP contribution in [0.25, 0.3) is 10.8 Å². The zero-order chi connectivity index (χ0) is 72.9. The van der Waals surface area contributed by atoms with E-state index in [0.717, 1.165) is 88.2 Å². The molecule has 0 bridgehead atoms.